The van der Waals surface area contributed by atoms with Gasteiger partial charge >= 0.3 is 0 Å². The van der Waals surface area contributed by atoms with Crippen molar-refractivity contribution in [3.63, 3.8) is 0 Å². The highest BCUT2D eigenvalue weighted by molar-refractivity contribution is 7.11. The summed E-state index contributed by atoms with van der Waals surface area (Å²) < 4.78 is 36.4. The highest BCUT2D eigenvalue weighted by atomic mass is 32.1. The summed E-state index contributed by atoms with van der Waals surface area (Å²) in [6.07, 6.45) is 5.31. The average Bonchev–Trinajstić information content (AvgIpc) is 3.12. The summed E-state index contributed by atoms with van der Waals surface area (Å²) in [4.78, 5) is 24.7. The quantitative estimate of drug-likeness (QED) is 0.469. The SMILES string of the molecule is Cc1ncc(CC(=O)C[C@H]2CC[C@H](CCN3CCc4cc(C)c(OCC(F)F)nc4CC3)OC2)s1. The van der Waals surface area contributed by atoms with Crippen molar-refractivity contribution in [3.05, 3.63) is 39.0 Å². The predicted octanol–water partition coefficient (Wildman–Crippen LogP) is 4.59. The maximum atomic E-state index is 12.5. The van der Waals surface area contributed by atoms with Crippen LogP contribution in [0.1, 0.15) is 52.4 Å². The summed E-state index contributed by atoms with van der Waals surface area (Å²) >= 11 is 1.60. The first-order chi connectivity index (χ1) is 16.9. The van der Waals surface area contributed by atoms with Crippen molar-refractivity contribution >= 4 is 17.1 Å². The van der Waals surface area contributed by atoms with Crippen molar-refractivity contribution in [2.24, 2.45) is 5.92 Å². The number of hydrogen-bond acceptors (Lipinski definition) is 7. The number of fused-ring (bicyclic) bond motifs is 1. The summed E-state index contributed by atoms with van der Waals surface area (Å²) in [5, 5.41) is 1.000. The molecule has 2 aromatic rings. The Labute approximate surface area is 210 Å². The average molecular weight is 508 g/mol. The topological polar surface area (TPSA) is 64.6 Å². The van der Waals surface area contributed by atoms with Gasteiger partial charge in [0.1, 0.15) is 5.78 Å². The smallest absolute Gasteiger partial charge is 0.272 e. The zero-order valence-electron chi connectivity index (χ0n) is 20.6. The minimum absolute atomic E-state index is 0.242. The van der Waals surface area contributed by atoms with Crippen molar-refractivity contribution in [3.8, 4) is 5.88 Å². The van der Waals surface area contributed by atoms with Gasteiger partial charge in [0.05, 0.1) is 17.7 Å². The van der Waals surface area contributed by atoms with Gasteiger partial charge in [0.2, 0.25) is 5.88 Å². The van der Waals surface area contributed by atoms with E-state index in [4.69, 9.17) is 9.47 Å². The zero-order valence-corrected chi connectivity index (χ0v) is 21.4. The van der Waals surface area contributed by atoms with E-state index < -0.39 is 13.0 Å². The van der Waals surface area contributed by atoms with Crippen LogP contribution in [0.5, 0.6) is 5.88 Å². The van der Waals surface area contributed by atoms with Crippen molar-refractivity contribution in [1.82, 2.24) is 14.9 Å². The fourth-order valence-corrected chi connectivity index (χ4v) is 5.76. The van der Waals surface area contributed by atoms with E-state index in [0.717, 1.165) is 72.9 Å². The predicted molar refractivity (Wildman–Crippen MR) is 132 cm³/mol. The van der Waals surface area contributed by atoms with Gasteiger partial charge in [-0.3, -0.25) is 4.79 Å². The van der Waals surface area contributed by atoms with Gasteiger partial charge in [0.15, 0.2) is 6.61 Å². The fourth-order valence-electron chi connectivity index (χ4n) is 4.94. The van der Waals surface area contributed by atoms with Crippen molar-refractivity contribution in [1.29, 1.82) is 0 Å². The van der Waals surface area contributed by atoms with Gasteiger partial charge < -0.3 is 14.4 Å². The molecule has 1 fully saturated rings. The van der Waals surface area contributed by atoms with Gasteiger partial charge in [0.25, 0.3) is 6.43 Å². The minimum Gasteiger partial charge on any atom is -0.471 e. The van der Waals surface area contributed by atoms with E-state index >= 15 is 0 Å². The van der Waals surface area contributed by atoms with Crippen LogP contribution in [0.4, 0.5) is 8.78 Å². The van der Waals surface area contributed by atoms with E-state index in [-0.39, 0.29) is 11.9 Å². The van der Waals surface area contributed by atoms with Crippen molar-refractivity contribution in [2.45, 2.75) is 71.3 Å². The van der Waals surface area contributed by atoms with Crippen LogP contribution >= 0.6 is 11.3 Å². The van der Waals surface area contributed by atoms with Crippen LogP contribution in [-0.2, 0) is 28.8 Å². The lowest BCUT2D eigenvalue weighted by Gasteiger charge is -2.30. The molecule has 0 N–H and O–H groups in total. The molecule has 6 nitrogen and oxygen atoms in total. The molecule has 2 aliphatic heterocycles. The highest BCUT2D eigenvalue weighted by Gasteiger charge is 2.25. The molecular weight excluding hydrogens is 472 g/mol. The van der Waals surface area contributed by atoms with E-state index in [9.17, 15) is 13.6 Å². The third kappa shape index (κ3) is 7.75. The molecule has 2 atom stereocenters. The molecule has 2 aliphatic rings. The Morgan fingerprint density at radius 3 is 2.83 bits per heavy atom. The Morgan fingerprint density at radius 2 is 2.11 bits per heavy atom. The molecule has 0 amide bonds. The van der Waals surface area contributed by atoms with Crippen LogP contribution in [0.2, 0.25) is 0 Å². The van der Waals surface area contributed by atoms with Gasteiger partial charge in [-0.25, -0.2) is 18.7 Å². The largest absolute Gasteiger partial charge is 0.471 e. The Bertz CT molecular complexity index is 992. The Kier molecular flexibility index (Phi) is 9.19. The second-order valence-electron chi connectivity index (χ2n) is 9.71. The Hall–Kier alpha value is -1.97. The number of ether oxygens (including phenoxy) is 2. The lowest BCUT2D eigenvalue weighted by Crippen LogP contribution is -2.33. The van der Waals surface area contributed by atoms with Crippen LogP contribution in [0.3, 0.4) is 0 Å². The number of pyridine rings is 1. The van der Waals surface area contributed by atoms with Crippen LogP contribution in [0.15, 0.2) is 12.3 Å². The van der Waals surface area contributed by atoms with Crippen LogP contribution in [0.25, 0.3) is 0 Å². The normalized spacial score (nSPS) is 21.1. The van der Waals surface area contributed by atoms with Crippen LogP contribution < -0.4 is 4.74 Å². The third-order valence-corrected chi connectivity index (χ3v) is 7.74. The standard InChI is InChI=1S/C26H35F2N3O3S/c1-17-11-20-5-8-31(10-7-24(20)30-26(17)34-16-25(27)28)9-6-22-4-3-19(15-33-22)12-21(32)13-23-14-29-18(2)35-23/h11,14,19,22,25H,3-10,12-13,15-16H2,1-2H3/t19-,22-/m1/s1. The first-order valence-electron chi connectivity index (χ1n) is 12.5. The molecule has 0 bridgehead atoms. The van der Waals surface area contributed by atoms with Gasteiger partial charge in [-0.2, -0.15) is 0 Å². The molecule has 0 saturated carbocycles. The number of rotatable bonds is 10. The number of nitrogens with zero attached hydrogens (tertiary/aromatic N) is 3. The second-order valence-corrected chi connectivity index (χ2v) is 11.0. The molecule has 192 valence electrons. The lowest BCUT2D eigenvalue weighted by atomic mass is 9.92. The van der Waals surface area contributed by atoms with E-state index in [2.05, 4.69) is 14.9 Å². The van der Waals surface area contributed by atoms with E-state index in [1.54, 1.807) is 11.3 Å². The van der Waals surface area contributed by atoms with E-state index in [1.165, 1.54) is 5.56 Å². The summed E-state index contributed by atoms with van der Waals surface area (Å²) in [5.74, 6) is 0.913. The lowest BCUT2D eigenvalue weighted by molar-refractivity contribution is -0.121. The van der Waals surface area contributed by atoms with Crippen molar-refractivity contribution in [2.75, 3.05) is 32.8 Å². The number of hydrogen-bond donors (Lipinski definition) is 0. The fraction of sp³-hybridized carbons (Fsp3) is 0.654. The van der Waals surface area contributed by atoms with Gasteiger partial charge in [-0.1, -0.05) is 0 Å². The maximum Gasteiger partial charge on any atom is 0.272 e. The number of Topliss-reactive ketones (excluding diaryl/α,β-unsaturated/α-hetero) is 1. The number of halogens is 2. The maximum absolute atomic E-state index is 12.5. The molecule has 0 radical (unpaired) electrons. The van der Waals surface area contributed by atoms with Gasteiger partial charge in [0, 0.05) is 61.2 Å². The summed E-state index contributed by atoms with van der Waals surface area (Å²) in [5.41, 5.74) is 2.95. The molecular formula is C26H35F2N3O3S. The van der Waals surface area contributed by atoms with Crippen LogP contribution in [0, 0.1) is 19.8 Å². The summed E-state index contributed by atoms with van der Waals surface area (Å²) in [7, 11) is 0. The Balaban J connectivity index is 1.17. The molecule has 4 heterocycles. The van der Waals surface area contributed by atoms with Gasteiger partial charge in [-0.05, 0) is 57.1 Å². The molecule has 0 unspecified atom stereocenters. The molecule has 35 heavy (non-hydrogen) atoms. The van der Waals surface area contributed by atoms with E-state index in [1.807, 2.05) is 26.1 Å². The molecule has 9 heteroatoms. The number of alkyl halides is 2. The Morgan fingerprint density at radius 1 is 1.29 bits per heavy atom. The number of carbonyl (C=O) groups excluding carboxylic acids is 1. The zero-order chi connectivity index (χ0) is 24.8. The highest BCUT2D eigenvalue weighted by Crippen LogP contribution is 2.26. The second kappa shape index (κ2) is 12.3. The molecule has 0 spiro atoms. The minimum atomic E-state index is -2.50. The molecule has 4 rings (SSSR count). The van der Waals surface area contributed by atoms with Gasteiger partial charge in [-0.15, -0.1) is 11.3 Å². The summed E-state index contributed by atoms with van der Waals surface area (Å²) in [6.45, 7) is 6.65. The van der Waals surface area contributed by atoms with Crippen LogP contribution in [-0.4, -0.2) is 66.0 Å². The molecule has 0 aliphatic carbocycles. The number of aryl methyl sites for hydroxylation is 2. The van der Waals surface area contributed by atoms with Crippen molar-refractivity contribution < 1.29 is 23.0 Å². The monoisotopic (exact) mass is 507 g/mol. The number of carbonyl (C=O) groups is 1. The third-order valence-electron chi connectivity index (χ3n) is 6.83. The van der Waals surface area contributed by atoms with E-state index in [0.29, 0.717) is 31.2 Å². The molecule has 0 aromatic carbocycles. The number of ketones is 1. The molecule has 2 aromatic heterocycles. The molecule has 1 saturated heterocycles. The summed E-state index contributed by atoms with van der Waals surface area (Å²) in [6, 6.07) is 2.04. The first kappa shape index (κ1) is 26.1. The number of aromatic nitrogens is 2. The number of thiazole rings is 1. The first-order valence-corrected chi connectivity index (χ1v) is 13.3.